The lowest BCUT2D eigenvalue weighted by Crippen LogP contribution is -2.72. The van der Waals surface area contributed by atoms with E-state index in [2.05, 4.69) is 22.2 Å². The van der Waals surface area contributed by atoms with E-state index in [1.807, 2.05) is 30.3 Å². The molecule has 1 N–H and O–H groups in total. The molecule has 0 amide bonds. The number of likely N-dealkylation sites (tertiary alicyclic amines) is 2. The molecule has 2 heterocycles. The number of rotatable bonds is 1. The van der Waals surface area contributed by atoms with Crippen molar-refractivity contribution in [2.75, 3.05) is 38.5 Å². The Morgan fingerprint density at radius 2 is 1.82 bits per heavy atom. The van der Waals surface area contributed by atoms with Gasteiger partial charge in [0.1, 0.15) is 0 Å². The molecule has 17 heavy (non-hydrogen) atoms. The zero-order valence-electron chi connectivity index (χ0n) is 10.0. The van der Waals surface area contributed by atoms with Crippen LogP contribution in [0.25, 0.3) is 0 Å². The Morgan fingerprint density at radius 1 is 1.18 bits per heavy atom. The fraction of sp³-hybridized carbons (Fsp3) is 0.462. The van der Waals surface area contributed by atoms with Crippen LogP contribution in [-0.4, -0.2) is 48.1 Å². The van der Waals surface area contributed by atoms with Crippen LogP contribution in [0, 0.1) is 5.41 Å². The summed E-state index contributed by atoms with van der Waals surface area (Å²) in [4.78, 5) is 4.63. The second-order valence-electron chi connectivity index (χ2n) is 5.32. The first-order chi connectivity index (χ1) is 8.17. The summed E-state index contributed by atoms with van der Waals surface area (Å²) >= 11 is 5.41. The minimum Gasteiger partial charge on any atom is -0.348 e. The normalized spacial score (nSPS) is 21.8. The molecule has 0 bridgehead atoms. The van der Waals surface area contributed by atoms with Crippen LogP contribution in [0.2, 0.25) is 0 Å². The van der Waals surface area contributed by atoms with Crippen molar-refractivity contribution in [3.05, 3.63) is 30.3 Å². The Bertz CT molecular complexity index is 418. The maximum absolute atomic E-state index is 5.41. The molecule has 2 aliphatic rings. The molecule has 4 heteroatoms. The van der Waals surface area contributed by atoms with Crippen molar-refractivity contribution in [2.45, 2.75) is 0 Å². The highest BCUT2D eigenvalue weighted by Gasteiger charge is 2.50. The van der Waals surface area contributed by atoms with Crippen LogP contribution in [-0.2, 0) is 0 Å². The monoisotopic (exact) mass is 247 g/mol. The molecule has 1 spiro atoms. The second kappa shape index (κ2) is 3.96. The van der Waals surface area contributed by atoms with E-state index in [9.17, 15) is 0 Å². The predicted octanol–water partition coefficient (Wildman–Crippen LogP) is 1.63. The van der Waals surface area contributed by atoms with Crippen LogP contribution in [0.15, 0.2) is 30.3 Å². The van der Waals surface area contributed by atoms with E-state index in [0.717, 1.165) is 23.9 Å². The molecular weight excluding hydrogens is 230 g/mol. The summed E-state index contributed by atoms with van der Waals surface area (Å²) in [6.07, 6.45) is 0. The third-order valence-corrected chi connectivity index (χ3v) is 3.94. The fourth-order valence-corrected chi connectivity index (χ4v) is 3.18. The van der Waals surface area contributed by atoms with Crippen LogP contribution < -0.4 is 5.32 Å². The van der Waals surface area contributed by atoms with Gasteiger partial charge >= 0.3 is 0 Å². The van der Waals surface area contributed by atoms with E-state index in [1.54, 1.807) is 0 Å². The number of para-hydroxylation sites is 1. The number of nitrogens with zero attached hydrogens (tertiary/aromatic N) is 2. The van der Waals surface area contributed by atoms with Gasteiger partial charge in [-0.3, -0.25) is 0 Å². The summed E-state index contributed by atoms with van der Waals surface area (Å²) in [6, 6.07) is 10.1. The fourth-order valence-electron chi connectivity index (χ4n) is 2.93. The Kier molecular flexibility index (Phi) is 2.56. The molecular formula is C13H17N3S. The van der Waals surface area contributed by atoms with Gasteiger partial charge in [0.2, 0.25) is 0 Å². The topological polar surface area (TPSA) is 18.5 Å². The Morgan fingerprint density at radius 3 is 2.41 bits per heavy atom. The Balaban J connectivity index is 1.52. The smallest absolute Gasteiger partial charge is 0.173 e. The number of nitrogens with one attached hydrogen (secondary N) is 1. The number of thiocarbonyl (C=S) groups is 1. The van der Waals surface area contributed by atoms with E-state index in [-0.39, 0.29) is 0 Å². The van der Waals surface area contributed by atoms with Crippen LogP contribution >= 0.6 is 12.2 Å². The van der Waals surface area contributed by atoms with E-state index in [4.69, 9.17) is 12.2 Å². The third-order valence-electron chi connectivity index (χ3n) is 3.58. The van der Waals surface area contributed by atoms with Gasteiger partial charge in [-0.25, -0.2) is 0 Å². The zero-order chi connectivity index (χ0) is 11.9. The van der Waals surface area contributed by atoms with Crippen molar-refractivity contribution in [1.29, 1.82) is 0 Å². The average molecular weight is 247 g/mol. The molecule has 1 aromatic rings. The SMILES string of the molecule is CN1CC2(C1)CN(C(=S)Nc1ccccc1)C2. The van der Waals surface area contributed by atoms with E-state index < -0.39 is 0 Å². The van der Waals surface area contributed by atoms with Crippen molar-refractivity contribution >= 4 is 23.0 Å². The minimum absolute atomic E-state index is 0.539. The number of hydrogen-bond acceptors (Lipinski definition) is 2. The summed E-state index contributed by atoms with van der Waals surface area (Å²) < 4.78 is 0. The molecule has 0 atom stereocenters. The molecule has 90 valence electrons. The first-order valence-corrected chi connectivity index (χ1v) is 6.37. The van der Waals surface area contributed by atoms with Gasteiger partial charge in [-0.05, 0) is 31.4 Å². The molecule has 2 aliphatic heterocycles. The van der Waals surface area contributed by atoms with Gasteiger partial charge in [-0.15, -0.1) is 0 Å². The van der Waals surface area contributed by atoms with Crippen molar-refractivity contribution in [1.82, 2.24) is 9.80 Å². The summed E-state index contributed by atoms with van der Waals surface area (Å²) in [5.41, 5.74) is 1.61. The zero-order valence-corrected chi connectivity index (χ0v) is 10.8. The van der Waals surface area contributed by atoms with Crippen molar-refractivity contribution in [3.63, 3.8) is 0 Å². The van der Waals surface area contributed by atoms with Gasteiger partial charge in [-0.2, -0.15) is 0 Å². The number of hydrogen-bond donors (Lipinski definition) is 1. The third kappa shape index (κ3) is 2.03. The molecule has 0 saturated carbocycles. The summed E-state index contributed by atoms with van der Waals surface area (Å²) in [7, 11) is 2.18. The lowest BCUT2D eigenvalue weighted by molar-refractivity contribution is -0.0726. The second-order valence-corrected chi connectivity index (χ2v) is 5.71. The van der Waals surface area contributed by atoms with Crippen LogP contribution in [0.1, 0.15) is 0 Å². The predicted molar refractivity (Wildman–Crippen MR) is 74.2 cm³/mol. The maximum atomic E-state index is 5.41. The van der Waals surface area contributed by atoms with E-state index >= 15 is 0 Å². The molecule has 2 fully saturated rings. The number of anilines is 1. The summed E-state index contributed by atoms with van der Waals surface area (Å²) in [5.74, 6) is 0. The number of benzene rings is 1. The van der Waals surface area contributed by atoms with Gasteiger partial charge in [0.25, 0.3) is 0 Å². The van der Waals surface area contributed by atoms with Gasteiger partial charge < -0.3 is 15.1 Å². The Labute approximate surface area is 107 Å². The standard InChI is InChI=1S/C13H17N3S/c1-15-7-13(8-15)9-16(10-13)12(17)14-11-5-3-2-4-6-11/h2-6H,7-10H2,1H3,(H,14,17). The lowest BCUT2D eigenvalue weighted by atomic mass is 9.73. The van der Waals surface area contributed by atoms with Gasteiger partial charge in [-0.1, -0.05) is 18.2 Å². The minimum atomic E-state index is 0.539. The highest BCUT2D eigenvalue weighted by molar-refractivity contribution is 7.80. The van der Waals surface area contributed by atoms with Gasteiger partial charge in [0, 0.05) is 37.3 Å². The first-order valence-electron chi connectivity index (χ1n) is 5.96. The van der Waals surface area contributed by atoms with E-state index in [1.165, 1.54) is 13.1 Å². The Hall–Kier alpha value is -1.13. The van der Waals surface area contributed by atoms with Gasteiger partial charge in [0.05, 0.1) is 0 Å². The van der Waals surface area contributed by atoms with Crippen molar-refractivity contribution in [2.24, 2.45) is 5.41 Å². The lowest BCUT2D eigenvalue weighted by Gasteiger charge is -2.60. The van der Waals surface area contributed by atoms with E-state index in [0.29, 0.717) is 5.41 Å². The maximum Gasteiger partial charge on any atom is 0.173 e. The first kappa shape index (κ1) is 11.0. The quantitative estimate of drug-likeness (QED) is 0.760. The van der Waals surface area contributed by atoms with Gasteiger partial charge in [0.15, 0.2) is 5.11 Å². The molecule has 0 radical (unpaired) electrons. The molecule has 3 rings (SSSR count). The molecule has 2 saturated heterocycles. The summed E-state index contributed by atoms with van der Waals surface area (Å²) in [6.45, 7) is 4.65. The molecule has 0 unspecified atom stereocenters. The highest BCUT2D eigenvalue weighted by atomic mass is 32.1. The molecule has 0 aliphatic carbocycles. The van der Waals surface area contributed by atoms with Crippen LogP contribution in [0.3, 0.4) is 0 Å². The average Bonchev–Trinajstić information content (AvgIpc) is 2.22. The van der Waals surface area contributed by atoms with Crippen molar-refractivity contribution < 1.29 is 0 Å². The molecule has 0 aromatic heterocycles. The molecule has 1 aromatic carbocycles. The van der Waals surface area contributed by atoms with Crippen LogP contribution in [0.5, 0.6) is 0 Å². The summed E-state index contributed by atoms with van der Waals surface area (Å²) in [5, 5.41) is 4.14. The molecule has 3 nitrogen and oxygen atoms in total. The largest absolute Gasteiger partial charge is 0.348 e. The van der Waals surface area contributed by atoms with Crippen molar-refractivity contribution in [3.8, 4) is 0 Å². The van der Waals surface area contributed by atoms with Crippen LogP contribution in [0.4, 0.5) is 5.69 Å². The highest BCUT2D eigenvalue weighted by Crippen LogP contribution is 2.38.